The van der Waals surface area contributed by atoms with Gasteiger partial charge in [0.1, 0.15) is 18.1 Å². The second-order valence-corrected chi connectivity index (χ2v) is 7.96. The van der Waals surface area contributed by atoms with Crippen LogP contribution in [0.5, 0.6) is 5.75 Å². The van der Waals surface area contributed by atoms with E-state index in [9.17, 15) is 14.7 Å². The molecule has 1 fully saturated rings. The topological polar surface area (TPSA) is 92.6 Å². The number of pyridine rings is 2. The minimum atomic E-state index is -0.840. The molecule has 35 heavy (non-hydrogen) atoms. The Hall–Kier alpha value is -4.78. The summed E-state index contributed by atoms with van der Waals surface area (Å²) >= 11 is 0. The Morgan fingerprint density at radius 1 is 0.857 bits per heavy atom. The van der Waals surface area contributed by atoms with Crippen molar-refractivity contribution in [3.05, 3.63) is 126 Å². The summed E-state index contributed by atoms with van der Waals surface area (Å²) in [6.45, 7) is 0.409. The van der Waals surface area contributed by atoms with Crippen LogP contribution < -0.4 is 9.64 Å². The zero-order valence-corrected chi connectivity index (χ0v) is 18.6. The molecule has 1 saturated heterocycles. The summed E-state index contributed by atoms with van der Waals surface area (Å²) in [5.41, 5.74) is 2.54. The van der Waals surface area contributed by atoms with Gasteiger partial charge in [-0.3, -0.25) is 24.5 Å². The van der Waals surface area contributed by atoms with Gasteiger partial charge in [-0.25, -0.2) is 0 Å². The van der Waals surface area contributed by atoms with E-state index in [1.54, 1.807) is 60.9 Å². The van der Waals surface area contributed by atoms with Gasteiger partial charge < -0.3 is 9.84 Å². The van der Waals surface area contributed by atoms with Crippen molar-refractivity contribution in [2.24, 2.45) is 0 Å². The first kappa shape index (κ1) is 22.0. The molecule has 0 radical (unpaired) electrons. The van der Waals surface area contributed by atoms with Gasteiger partial charge in [-0.15, -0.1) is 0 Å². The molecule has 0 saturated carbocycles. The minimum absolute atomic E-state index is 0.00129. The molecule has 2 aromatic heterocycles. The molecule has 0 aliphatic carbocycles. The molecule has 1 atom stereocenters. The molecule has 4 aromatic rings. The van der Waals surface area contributed by atoms with Crippen LogP contribution in [0.4, 0.5) is 5.69 Å². The van der Waals surface area contributed by atoms with E-state index in [4.69, 9.17) is 4.74 Å². The molecule has 1 aliphatic rings. The first-order chi connectivity index (χ1) is 17.1. The average Bonchev–Trinajstić information content (AvgIpc) is 3.19. The fourth-order valence-electron chi connectivity index (χ4n) is 4.06. The lowest BCUT2D eigenvalue weighted by Gasteiger charge is -2.25. The SMILES string of the molecule is O=C1C(=O)N(c2ccc(OCc3ccccc3)cc2)C(c2cccnc2)/C1=C(/O)c1ccncc1. The molecular formula is C28H21N3O4. The number of carbonyl (C=O) groups excluding carboxylic acids is 2. The predicted molar refractivity (Wildman–Crippen MR) is 130 cm³/mol. The highest BCUT2D eigenvalue weighted by molar-refractivity contribution is 6.51. The third kappa shape index (κ3) is 4.39. The Bertz CT molecular complexity index is 1370. The Morgan fingerprint density at radius 3 is 2.29 bits per heavy atom. The lowest BCUT2D eigenvalue weighted by molar-refractivity contribution is -0.132. The van der Waals surface area contributed by atoms with Crippen LogP contribution in [0, 0.1) is 0 Å². The molecule has 0 bridgehead atoms. The second-order valence-electron chi connectivity index (χ2n) is 7.96. The first-order valence-electron chi connectivity index (χ1n) is 11.0. The van der Waals surface area contributed by atoms with Gasteiger partial charge in [-0.05, 0) is 53.6 Å². The maximum absolute atomic E-state index is 13.2. The highest BCUT2D eigenvalue weighted by atomic mass is 16.5. The summed E-state index contributed by atoms with van der Waals surface area (Å²) in [7, 11) is 0. The zero-order valence-electron chi connectivity index (χ0n) is 18.6. The van der Waals surface area contributed by atoms with Crippen LogP contribution in [-0.2, 0) is 16.2 Å². The lowest BCUT2D eigenvalue weighted by atomic mass is 9.96. The smallest absolute Gasteiger partial charge is 0.300 e. The van der Waals surface area contributed by atoms with Crippen molar-refractivity contribution in [1.82, 2.24) is 9.97 Å². The average molecular weight is 463 g/mol. The molecule has 0 spiro atoms. The van der Waals surface area contributed by atoms with Gasteiger partial charge in [0.2, 0.25) is 0 Å². The fraction of sp³-hybridized carbons (Fsp3) is 0.0714. The lowest BCUT2D eigenvalue weighted by Crippen LogP contribution is -2.29. The Balaban J connectivity index is 1.51. The molecule has 3 heterocycles. The summed E-state index contributed by atoms with van der Waals surface area (Å²) in [6.07, 6.45) is 6.22. The van der Waals surface area contributed by atoms with Crippen LogP contribution in [0.1, 0.15) is 22.7 Å². The van der Waals surface area contributed by atoms with Gasteiger partial charge in [0.05, 0.1) is 11.6 Å². The van der Waals surface area contributed by atoms with Crippen molar-refractivity contribution in [3.8, 4) is 5.75 Å². The third-order valence-electron chi connectivity index (χ3n) is 5.76. The normalized spacial score (nSPS) is 16.9. The number of nitrogens with zero attached hydrogens (tertiary/aromatic N) is 3. The van der Waals surface area contributed by atoms with E-state index < -0.39 is 17.7 Å². The van der Waals surface area contributed by atoms with E-state index in [1.165, 1.54) is 17.3 Å². The molecule has 1 unspecified atom stereocenters. The predicted octanol–water partition coefficient (Wildman–Crippen LogP) is 4.68. The molecule has 5 rings (SSSR count). The minimum Gasteiger partial charge on any atom is -0.507 e. The standard InChI is InChI=1S/C28H21N3O4/c32-26(20-12-15-29-16-13-20)24-25(21-7-4-14-30-17-21)31(28(34)27(24)33)22-8-10-23(11-9-22)35-18-19-5-2-1-3-6-19/h1-17,25,32H,18H2/b26-24-. The Kier molecular flexibility index (Phi) is 6.05. The summed E-state index contributed by atoms with van der Waals surface area (Å²) in [6, 6.07) is 22.6. The number of Topliss-reactive ketones (excluding diaryl/α,β-unsaturated/α-hetero) is 1. The zero-order chi connectivity index (χ0) is 24.2. The summed E-state index contributed by atoms with van der Waals surface area (Å²) < 4.78 is 5.85. The first-order valence-corrected chi connectivity index (χ1v) is 11.0. The largest absolute Gasteiger partial charge is 0.507 e. The molecule has 2 aromatic carbocycles. The number of anilines is 1. The van der Waals surface area contributed by atoms with Gasteiger partial charge in [0.15, 0.2) is 0 Å². The number of carbonyl (C=O) groups is 2. The van der Waals surface area contributed by atoms with Crippen molar-refractivity contribution in [2.45, 2.75) is 12.6 Å². The van der Waals surface area contributed by atoms with E-state index in [0.29, 0.717) is 29.2 Å². The van der Waals surface area contributed by atoms with Crippen molar-refractivity contribution in [3.63, 3.8) is 0 Å². The van der Waals surface area contributed by atoms with Gasteiger partial charge >= 0.3 is 0 Å². The third-order valence-corrected chi connectivity index (χ3v) is 5.76. The van der Waals surface area contributed by atoms with Crippen LogP contribution in [-0.4, -0.2) is 26.8 Å². The maximum atomic E-state index is 13.2. The number of benzene rings is 2. The highest BCUT2D eigenvalue weighted by Gasteiger charge is 2.47. The number of rotatable bonds is 6. The van der Waals surface area contributed by atoms with Crippen LogP contribution >= 0.6 is 0 Å². The van der Waals surface area contributed by atoms with E-state index in [0.717, 1.165) is 5.56 Å². The van der Waals surface area contributed by atoms with Gasteiger partial charge in [0.25, 0.3) is 11.7 Å². The number of aliphatic hydroxyl groups excluding tert-OH is 1. The molecule has 7 heteroatoms. The van der Waals surface area contributed by atoms with Crippen molar-refractivity contribution >= 4 is 23.1 Å². The molecular weight excluding hydrogens is 442 g/mol. The number of aliphatic hydroxyl groups is 1. The van der Waals surface area contributed by atoms with E-state index in [-0.39, 0.29) is 11.3 Å². The van der Waals surface area contributed by atoms with Crippen LogP contribution in [0.15, 0.2) is 109 Å². The monoisotopic (exact) mass is 463 g/mol. The van der Waals surface area contributed by atoms with Crippen molar-refractivity contribution in [1.29, 1.82) is 0 Å². The molecule has 172 valence electrons. The van der Waals surface area contributed by atoms with E-state index >= 15 is 0 Å². The number of aromatic nitrogens is 2. The number of ketones is 1. The van der Waals surface area contributed by atoms with Gasteiger partial charge in [0, 0.05) is 36.0 Å². The molecule has 1 amide bonds. The van der Waals surface area contributed by atoms with Gasteiger partial charge in [-0.1, -0.05) is 36.4 Å². The van der Waals surface area contributed by atoms with Crippen LogP contribution in [0.2, 0.25) is 0 Å². The maximum Gasteiger partial charge on any atom is 0.300 e. The fourth-order valence-corrected chi connectivity index (χ4v) is 4.06. The summed E-state index contributed by atoms with van der Waals surface area (Å²) in [4.78, 5) is 35.8. The summed E-state index contributed by atoms with van der Waals surface area (Å²) in [5, 5.41) is 11.0. The Labute approximate surface area is 202 Å². The summed E-state index contributed by atoms with van der Waals surface area (Å²) in [5.74, 6) is -1.13. The number of hydrogen-bond acceptors (Lipinski definition) is 6. The van der Waals surface area contributed by atoms with E-state index in [1.807, 2.05) is 30.3 Å². The van der Waals surface area contributed by atoms with E-state index in [2.05, 4.69) is 9.97 Å². The van der Waals surface area contributed by atoms with Crippen LogP contribution in [0.3, 0.4) is 0 Å². The van der Waals surface area contributed by atoms with Crippen molar-refractivity contribution < 1.29 is 19.4 Å². The van der Waals surface area contributed by atoms with Crippen molar-refractivity contribution in [2.75, 3.05) is 4.90 Å². The quantitative estimate of drug-likeness (QED) is 0.254. The Morgan fingerprint density at radius 2 is 1.60 bits per heavy atom. The number of ether oxygens (including phenoxy) is 1. The second kappa shape index (κ2) is 9.61. The van der Waals surface area contributed by atoms with Gasteiger partial charge in [-0.2, -0.15) is 0 Å². The molecule has 1 N–H and O–H groups in total. The number of hydrogen-bond donors (Lipinski definition) is 1. The highest BCUT2D eigenvalue weighted by Crippen LogP contribution is 2.42. The molecule has 1 aliphatic heterocycles. The molecule has 7 nitrogen and oxygen atoms in total. The van der Waals surface area contributed by atoms with Crippen LogP contribution in [0.25, 0.3) is 5.76 Å². The number of amides is 1.